The molecule has 0 atom stereocenters. The van der Waals surface area contributed by atoms with Gasteiger partial charge in [-0.3, -0.25) is 19.9 Å². The SMILES string of the molecule is C=N/C(=C(\SN)C(=O)NCc1ccccn1)C1CC1. The summed E-state index contributed by atoms with van der Waals surface area (Å²) in [6.45, 7) is 3.90. The smallest absolute Gasteiger partial charge is 0.261 e. The first-order chi connectivity index (χ1) is 9.26. The van der Waals surface area contributed by atoms with Crippen LogP contribution >= 0.6 is 11.9 Å². The van der Waals surface area contributed by atoms with Gasteiger partial charge < -0.3 is 5.32 Å². The van der Waals surface area contributed by atoms with E-state index in [0.29, 0.717) is 23.1 Å². The molecule has 1 fully saturated rings. The quantitative estimate of drug-likeness (QED) is 0.470. The zero-order chi connectivity index (χ0) is 13.7. The van der Waals surface area contributed by atoms with Gasteiger partial charge >= 0.3 is 0 Å². The van der Waals surface area contributed by atoms with Crippen molar-refractivity contribution >= 4 is 24.6 Å². The number of rotatable bonds is 6. The third-order valence-electron chi connectivity index (χ3n) is 2.85. The van der Waals surface area contributed by atoms with E-state index >= 15 is 0 Å². The van der Waals surface area contributed by atoms with Gasteiger partial charge in [-0.05, 0) is 43.6 Å². The van der Waals surface area contributed by atoms with E-state index in [0.717, 1.165) is 30.5 Å². The number of nitrogens with two attached hydrogens (primary N) is 1. The Labute approximate surface area is 116 Å². The number of allylic oxidation sites excluding steroid dienone is 1. The van der Waals surface area contributed by atoms with Crippen molar-refractivity contribution in [3.8, 4) is 0 Å². The van der Waals surface area contributed by atoms with E-state index in [4.69, 9.17) is 5.14 Å². The summed E-state index contributed by atoms with van der Waals surface area (Å²) in [6, 6.07) is 5.57. The Morgan fingerprint density at radius 1 is 1.58 bits per heavy atom. The zero-order valence-corrected chi connectivity index (χ0v) is 11.3. The van der Waals surface area contributed by atoms with E-state index in [1.807, 2.05) is 18.2 Å². The van der Waals surface area contributed by atoms with Crippen LogP contribution in [0.25, 0.3) is 0 Å². The predicted molar refractivity (Wildman–Crippen MR) is 77.2 cm³/mol. The normalized spacial score (nSPS) is 15.6. The second-order valence-electron chi connectivity index (χ2n) is 4.27. The van der Waals surface area contributed by atoms with Gasteiger partial charge in [-0.15, -0.1) is 0 Å². The number of nitrogens with one attached hydrogen (secondary N) is 1. The lowest BCUT2D eigenvalue weighted by Gasteiger charge is -2.09. The van der Waals surface area contributed by atoms with E-state index in [1.165, 1.54) is 0 Å². The van der Waals surface area contributed by atoms with Crippen LogP contribution in [-0.4, -0.2) is 17.6 Å². The molecule has 0 aliphatic heterocycles. The Kier molecular flexibility index (Phi) is 4.70. The summed E-state index contributed by atoms with van der Waals surface area (Å²) >= 11 is 0.928. The molecule has 0 bridgehead atoms. The lowest BCUT2D eigenvalue weighted by Crippen LogP contribution is -2.25. The van der Waals surface area contributed by atoms with Crippen molar-refractivity contribution in [3.63, 3.8) is 0 Å². The molecule has 19 heavy (non-hydrogen) atoms. The van der Waals surface area contributed by atoms with Gasteiger partial charge in [-0.1, -0.05) is 6.07 Å². The minimum Gasteiger partial charge on any atom is -0.346 e. The third-order valence-corrected chi connectivity index (χ3v) is 3.48. The topological polar surface area (TPSA) is 80.4 Å². The molecule has 0 radical (unpaired) electrons. The highest BCUT2D eigenvalue weighted by Gasteiger charge is 2.30. The molecule has 3 N–H and O–H groups in total. The maximum Gasteiger partial charge on any atom is 0.261 e. The van der Waals surface area contributed by atoms with Gasteiger partial charge in [0.25, 0.3) is 5.91 Å². The number of pyridine rings is 1. The standard InChI is InChI=1S/C13H16N4OS/c1-15-11(9-5-6-9)12(19-14)13(18)17-8-10-4-2-3-7-16-10/h2-4,7,9H,1,5-6,8,14H2,(H,17,18)/b12-11-. The van der Waals surface area contributed by atoms with Crippen molar-refractivity contribution in [2.24, 2.45) is 16.0 Å². The number of carbonyl (C=O) groups excluding carboxylic acids is 1. The molecule has 5 nitrogen and oxygen atoms in total. The summed E-state index contributed by atoms with van der Waals surface area (Å²) in [5.74, 6) is 0.122. The number of amides is 1. The molecule has 0 aromatic carbocycles. The maximum atomic E-state index is 12.1. The molecule has 0 saturated heterocycles. The first-order valence-corrected chi connectivity index (χ1v) is 6.90. The predicted octanol–water partition coefficient (Wildman–Crippen LogP) is 1.63. The fraction of sp³-hybridized carbons (Fsp3) is 0.308. The Morgan fingerprint density at radius 3 is 2.89 bits per heavy atom. The molecule has 0 unspecified atom stereocenters. The molecule has 1 aromatic rings. The highest BCUT2D eigenvalue weighted by molar-refractivity contribution is 8.01. The molecule has 1 aliphatic rings. The molecule has 1 heterocycles. The van der Waals surface area contributed by atoms with Crippen LogP contribution in [0.1, 0.15) is 18.5 Å². The number of aliphatic imine (C=N–C) groups is 1. The van der Waals surface area contributed by atoms with Crippen LogP contribution in [0, 0.1) is 5.92 Å². The molecule has 1 saturated carbocycles. The third kappa shape index (κ3) is 3.65. The summed E-state index contributed by atoms with van der Waals surface area (Å²) in [5, 5.41) is 8.38. The maximum absolute atomic E-state index is 12.1. The fourth-order valence-corrected chi connectivity index (χ4v) is 2.26. The minimum absolute atomic E-state index is 0.215. The molecule has 6 heteroatoms. The molecule has 0 spiro atoms. The van der Waals surface area contributed by atoms with Gasteiger partial charge in [-0.25, -0.2) is 0 Å². The second kappa shape index (κ2) is 6.49. The summed E-state index contributed by atoms with van der Waals surface area (Å²) in [5.41, 5.74) is 1.52. The van der Waals surface area contributed by atoms with E-state index < -0.39 is 0 Å². The lowest BCUT2D eigenvalue weighted by atomic mass is 10.2. The van der Waals surface area contributed by atoms with Crippen LogP contribution in [0.2, 0.25) is 0 Å². The largest absolute Gasteiger partial charge is 0.346 e. The fourth-order valence-electron chi connectivity index (χ4n) is 1.73. The van der Waals surface area contributed by atoms with E-state index in [-0.39, 0.29) is 5.91 Å². The van der Waals surface area contributed by atoms with Gasteiger partial charge in [0, 0.05) is 12.1 Å². The van der Waals surface area contributed by atoms with Gasteiger partial charge in [0.2, 0.25) is 0 Å². The summed E-state index contributed by atoms with van der Waals surface area (Å²) in [7, 11) is 0. The molecule has 100 valence electrons. The molecule has 1 aliphatic carbocycles. The van der Waals surface area contributed by atoms with Gasteiger partial charge in [-0.2, -0.15) is 0 Å². The van der Waals surface area contributed by atoms with Crippen LogP contribution in [0.5, 0.6) is 0 Å². The van der Waals surface area contributed by atoms with Crippen molar-refractivity contribution in [2.75, 3.05) is 0 Å². The van der Waals surface area contributed by atoms with Crippen molar-refractivity contribution in [1.82, 2.24) is 10.3 Å². The Morgan fingerprint density at radius 2 is 2.37 bits per heavy atom. The highest BCUT2D eigenvalue weighted by atomic mass is 32.2. The van der Waals surface area contributed by atoms with E-state index in [2.05, 4.69) is 22.0 Å². The van der Waals surface area contributed by atoms with Crippen LogP contribution in [0.15, 0.2) is 40.0 Å². The Bertz CT molecular complexity index is 497. The van der Waals surface area contributed by atoms with Crippen LogP contribution < -0.4 is 10.5 Å². The molecule has 1 aromatic heterocycles. The Balaban J connectivity index is 2.03. The second-order valence-corrected chi connectivity index (χ2v) is 4.91. The van der Waals surface area contributed by atoms with Gasteiger partial charge in [0.1, 0.15) is 4.91 Å². The number of aromatic nitrogens is 1. The van der Waals surface area contributed by atoms with Crippen LogP contribution in [0.3, 0.4) is 0 Å². The highest BCUT2D eigenvalue weighted by Crippen LogP contribution is 2.40. The average Bonchev–Trinajstić information content (AvgIpc) is 3.27. The number of nitrogens with zero attached hydrogens (tertiary/aromatic N) is 2. The first-order valence-electron chi connectivity index (χ1n) is 6.02. The van der Waals surface area contributed by atoms with Gasteiger partial charge in [0.15, 0.2) is 0 Å². The molecule has 1 amide bonds. The summed E-state index contributed by atoms with van der Waals surface area (Å²) in [6.07, 6.45) is 3.79. The van der Waals surface area contributed by atoms with Crippen molar-refractivity contribution in [1.29, 1.82) is 0 Å². The monoisotopic (exact) mass is 276 g/mol. The first kappa shape index (κ1) is 13.8. The lowest BCUT2D eigenvalue weighted by molar-refractivity contribution is -0.117. The Hall–Kier alpha value is -1.66. The molecular weight excluding hydrogens is 260 g/mol. The van der Waals surface area contributed by atoms with Crippen molar-refractivity contribution in [2.45, 2.75) is 19.4 Å². The van der Waals surface area contributed by atoms with Crippen LogP contribution in [0.4, 0.5) is 0 Å². The summed E-state index contributed by atoms with van der Waals surface area (Å²) < 4.78 is 0. The number of hydrogen-bond donors (Lipinski definition) is 2. The van der Waals surface area contributed by atoms with Crippen LogP contribution in [-0.2, 0) is 11.3 Å². The molecule has 2 rings (SSSR count). The summed E-state index contributed by atoms with van der Waals surface area (Å²) in [4.78, 5) is 20.6. The average molecular weight is 276 g/mol. The minimum atomic E-state index is -0.215. The van der Waals surface area contributed by atoms with Gasteiger partial charge in [0.05, 0.1) is 17.9 Å². The van der Waals surface area contributed by atoms with Crippen molar-refractivity contribution in [3.05, 3.63) is 40.7 Å². The zero-order valence-electron chi connectivity index (χ0n) is 10.5. The number of hydrogen-bond acceptors (Lipinski definition) is 5. The molecular formula is C13H16N4OS. The van der Waals surface area contributed by atoms with E-state index in [9.17, 15) is 4.79 Å². The number of carbonyl (C=O) groups is 1. The van der Waals surface area contributed by atoms with Crippen molar-refractivity contribution < 1.29 is 4.79 Å². The van der Waals surface area contributed by atoms with E-state index in [1.54, 1.807) is 6.20 Å².